The van der Waals surface area contributed by atoms with Gasteiger partial charge in [0.2, 0.25) is 17.7 Å². The van der Waals surface area contributed by atoms with Gasteiger partial charge in [-0.2, -0.15) is 0 Å². The van der Waals surface area contributed by atoms with Gasteiger partial charge in [0.05, 0.1) is 0 Å². The van der Waals surface area contributed by atoms with E-state index in [-0.39, 0.29) is 31.4 Å². The van der Waals surface area contributed by atoms with Crippen molar-refractivity contribution in [2.75, 3.05) is 19.7 Å². The third-order valence-corrected chi connectivity index (χ3v) is 9.73. The highest BCUT2D eigenvalue weighted by atomic mass is 16.6. The van der Waals surface area contributed by atoms with Crippen LogP contribution in [0.1, 0.15) is 79.6 Å². The Hall–Kier alpha value is -6.70. The van der Waals surface area contributed by atoms with Crippen LogP contribution in [0.2, 0.25) is 0 Å². The van der Waals surface area contributed by atoms with Gasteiger partial charge in [-0.15, -0.1) is 0 Å². The minimum atomic E-state index is -1.05. The molecule has 0 bridgehead atoms. The van der Waals surface area contributed by atoms with E-state index in [4.69, 9.17) is 9.47 Å². The normalized spacial score (nSPS) is 13.3. The second kappa shape index (κ2) is 20.8. The number of fused-ring (bicyclic) bond motifs is 3. The number of hydrogen-bond acceptors (Lipinski definition) is 8. The van der Waals surface area contributed by atoms with Crippen LogP contribution in [-0.2, 0) is 36.8 Å². The van der Waals surface area contributed by atoms with Crippen molar-refractivity contribution in [2.45, 2.75) is 83.6 Å². The molecule has 1 aliphatic rings. The van der Waals surface area contributed by atoms with Gasteiger partial charge in [0, 0.05) is 37.5 Å². The van der Waals surface area contributed by atoms with Crippen molar-refractivity contribution in [1.82, 2.24) is 31.9 Å². The molecule has 0 aliphatic heterocycles. The average molecular weight is 819 g/mol. The number of alkyl carbamates (subject to hydrolysis) is 2. The zero-order chi connectivity index (χ0) is 43.2. The van der Waals surface area contributed by atoms with Gasteiger partial charge < -0.3 is 41.4 Å². The molecule has 6 amide bonds. The number of benzene rings is 4. The summed E-state index contributed by atoms with van der Waals surface area (Å²) in [4.78, 5) is 77.2. The van der Waals surface area contributed by atoms with Crippen molar-refractivity contribution in [2.24, 2.45) is 0 Å². The molecule has 14 heteroatoms. The number of nitrogens with one attached hydrogen (secondary N) is 6. The molecule has 3 unspecified atom stereocenters. The van der Waals surface area contributed by atoms with Crippen LogP contribution in [0.15, 0.2) is 103 Å². The lowest BCUT2D eigenvalue weighted by Crippen LogP contribution is -2.55. The highest BCUT2D eigenvalue weighted by Crippen LogP contribution is 2.44. The molecule has 0 radical (unpaired) electrons. The first kappa shape index (κ1) is 44.4. The Morgan fingerprint density at radius 1 is 0.600 bits per heavy atom. The van der Waals surface area contributed by atoms with Crippen LogP contribution < -0.4 is 31.9 Å². The average Bonchev–Trinajstić information content (AvgIpc) is 3.54. The van der Waals surface area contributed by atoms with Gasteiger partial charge in [0.15, 0.2) is 0 Å². The molecule has 0 spiro atoms. The first-order chi connectivity index (χ1) is 28.7. The molecule has 1 aliphatic carbocycles. The van der Waals surface area contributed by atoms with Crippen LogP contribution in [0.5, 0.6) is 0 Å². The number of carbonyl (C=O) groups excluding carboxylic acids is 6. The lowest BCUT2D eigenvalue weighted by molar-refractivity contribution is -0.132. The molecule has 316 valence electrons. The maximum atomic E-state index is 13.5. The summed E-state index contributed by atoms with van der Waals surface area (Å²) < 4.78 is 10.8. The third-order valence-electron chi connectivity index (χ3n) is 9.73. The van der Waals surface area contributed by atoms with Crippen molar-refractivity contribution in [3.8, 4) is 11.1 Å². The molecule has 0 heterocycles. The Bertz CT molecular complexity index is 2090. The Balaban J connectivity index is 1.07. The Kier molecular flexibility index (Phi) is 15.4. The van der Waals surface area contributed by atoms with Crippen molar-refractivity contribution in [1.29, 1.82) is 0 Å². The molecular formula is C46H54N6O8. The number of ether oxygens (including phenoxy) is 2. The molecule has 14 nitrogen and oxygen atoms in total. The van der Waals surface area contributed by atoms with Crippen molar-refractivity contribution < 1.29 is 38.2 Å². The third kappa shape index (κ3) is 12.9. The second-order valence-electron chi connectivity index (χ2n) is 15.6. The topological polar surface area (TPSA) is 193 Å². The monoisotopic (exact) mass is 818 g/mol. The molecule has 5 rings (SSSR count). The zero-order valence-corrected chi connectivity index (χ0v) is 34.6. The van der Waals surface area contributed by atoms with Gasteiger partial charge in [0.1, 0.15) is 30.3 Å². The van der Waals surface area contributed by atoms with E-state index in [1.54, 1.807) is 45.0 Å². The summed E-state index contributed by atoms with van der Waals surface area (Å²) in [6.07, 6.45) is -0.583. The summed E-state index contributed by atoms with van der Waals surface area (Å²) in [5.74, 6) is -2.07. The van der Waals surface area contributed by atoms with E-state index in [1.165, 1.54) is 13.8 Å². The fourth-order valence-electron chi connectivity index (χ4n) is 6.63. The Labute approximate surface area is 350 Å². The highest BCUT2D eigenvalue weighted by Gasteiger charge is 2.30. The summed E-state index contributed by atoms with van der Waals surface area (Å²) in [7, 11) is 0. The number of hydrogen-bond donors (Lipinski definition) is 6. The molecule has 0 saturated heterocycles. The SMILES string of the molecule is CC(NC(=O)OCC1c2ccccc2-c2ccccc21)C(=O)NC(C)C(=O)NC(Cc1ccccc1)C(=O)NCc1ccc(C(=O)NCCCNC(=O)OC(C)(C)C)cc1. The maximum absolute atomic E-state index is 13.5. The van der Waals surface area contributed by atoms with Crippen molar-refractivity contribution in [3.63, 3.8) is 0 Å². The number of carbonyl (C=O) groups is 6. The summed E-state index contributed by atoms with van der Waals surface area (Å²) in [6.45, 7) is 9.22. The van der Waals surface area contributed by atoms with E-state index in [0.717, 1.165) is 33.4 Å². The Morgan fingerprint density at radius 2 is 1.17 bits per heavy atom. The molecule has 0 aromatic heterocycles. The van der Waals surface area contributed by atoms with Crippen LogP contribution in [0.4, 0.5) is 9.59 Å². The van der Waals surface area contributed by atoms with E-state index in [9.17, 15) is 28.8 Å². The predicted octanol–water partition coefficient (Wildman–Crippen LogP) is 5.11. The zero-order valence-electron chi connectivity index (χ0n) is 34.6. The van der Waals surface area contributed by atoms with Crippen LogP contribution in [0, 0.1) is 0 Å². The predicted molar refractivity (Wildman–Crippen MR) is 227 cm³/mol. The Morgan fingerprint density at radius 3 is 1.80 bits per heavy atom. The van der Waals surface area contributed by atoms with E-state index < -0.39 is 53.6 Å². The van der Waals surface area contributed by atoms with Crippen molar-refractivity contribution >= 4 is 35.8 Å². The van der Waals surface area contributed by atoms with Gasteiger partial charge in [0.25, 0.3) is 5.91 Å². The van der Waals surface area contributed by atoms with E-state index >= 15 is 0 Å². The van der Waals surface area contributed by atoms with Gasteiger partial charge in [-0.05, 0) is 86.6 Å². The standard InChI is InChI=1S/C46H54N6O8/c1-29(50-40(53)30(2)51-45(58)59-28-38-36-18-11-9-16-34(36)35-17-10-12-19-37(35)38)41(54)52-39(26-31-14-7-6-8-15-31)43(56)49-27-32-20-22-33(23-21-32)42(55)47-24-13-25-48-44(57)60-46(3,4)5/h6-12,14-23,29-30,38-39H,13,24-28H2,1-5H3,(H,47,55)(H,48,57)(H,49,56)(H,50,53)(H,51,58)(H,52,54). The number of rotatable bonds is 17. The van der Waals surface area contributed by atoms with Crippen molar-refractivity contribution in [3.05, 3.63) is 131 Å². The number of amides is 6. The van der Waals surface area contributed by atoms with Crippen LogP contribution in [0.25, 0.3) is 11.1 Å². The highest BCUT2D eigenvalue weighted by molar-refractivity contribution is 5.95. The molecule has 3 atom stereocenters. The van der Waals surface area contributed by atoms with E-state index in [1.807, 2.05) is 78.9 Å². The first-order valence-corrected chi connectivity index (χ1v) is 20.1. The molecule has 0 saturated carbocycles. The lowest BCUT2D eigenvalue weighted by Gasteiger charge is -2.23. The summed E-state index contributed by atoms with van der Waals surface area (Å²) >= 11 is 0. The van der Waals surface area contributed by atoms with Gasteiger partial charge in [-0.25, -0.2) is 9.59 Å². The van der Waals surface area contributed by atoms with E-state index in [0.29, 0.717) is 25.1 Å². The minimum absolute atomic E-state index is 0.0829. The molecule has 0 fully saturated rings. The van der Waals surface area contributed by atoms with Gasteiger partial charge in [-0.3, -0.25) is 19.2 Å². The summed E-state index contributed by atoms with van der Waals surface area (Å²) in [5, 5.41) is 16.2. The van der Waals surface area contributed by atoms with Crippen LogP contribution >= 0.6 is 0 Å². The smallest absolute Gasteiger partial charge is 0.407 e. The minimum Gasteiger partial charge on any atom is -0.449 e. The quantitative estimate of drug-likeness (QED) is 0.0792. The van der Waals surface area contributed by atoms with E-state index in [2.05, 4.69) is 31.9 Å². The van der Waals surface area contributed by atoms with Crippen LogP contribution in [0.3, 0.4) is 0 Å². The van der Waals surface area contributed by atoms with Gasteiger partial charge in [-0.1, -0.05) is 91.0 Å². The maximum Gasteiger partial charge on any atom is 0.407 e. The largest absolute Gasteiger partial charge is 0.449 e. The second-order valence-corrected chi connectivity index (χ2v) is 15.6. The summed E-state index contributed by atoms with van der Waals surface area (Å²) in [6, 6.07) is 28.8. The molecular weight excluding hydrogens is 765 g/mol. The van der Waals surface area contributed by atoms with Crippen LogP contribution in [-0.4, -0.2) is 79.2 Å². The van der Waals surface area contributed by atoms with Gasteiger partial charge >= 0.3 is 12.2 Å². The lowest BCUT2D eigenvalue weighted by atomic mass is 9.98. The molecule has 60 heavy (non-hydrogen) atoms. The molecule has 6 N–H and O–H groups in total. The fraction of sp³-hybridized carbons (Fsp3) is 0.348. The molecule has 4 aromatic rings. The fourth-order valence-corrected chi connectivity index (χ4v) is 6.63. The summed E-state index contributed by atoms with van der Waals surface area (Å²) in [5.41, 5.74) is 5.69. The molecule has 4 aromatic carbocycles. The first-order valence-electron chi connectivity index (χ1n) is 20.1.